The van der Waals surface area contributed by atoms with E-state index in [2.05, 4.69) is 16.0 Å². The number of rotatable bonds is 11. The van der Waals surface area contributed by atoms with Crippen LogP contribution in [0.15, 0.2) is 17.0 Å². The Morgan fingerprint density at radius 2 is 1.58 bits per heavy atom. The number of hydrogen-bond acceptors (Lipinski definition) is 5. The Morgan fingerprint density at radius 1 is 0.968 bits per heavy atom. The predicted octanol–water partition coefficient (Wildman–Crippen LogP) is 2.72. The van der Waals surface area contributed by atoms with Gasteiger partial charge in [-0.3, -0.25) is 0 Å². The summed E-state index contributed by atoms with van der Waals surface area (Å²) >= 11 is 0. The van der Waals surface area contributed by atoms with Crippen LogP contribution in [0, 0.1) is 26.7 Å². The highest BCUT2D eigenvalue weighted by Gasteiger charge is 2.31. The minimum absolute atomic E-state index is 0.506. The van der Waals surface area contributed by atoms with Gasteiger partial charge in [-0.1, -0.05) is 17.7 Å². The van der Waals surface area contributed by atoms with E-state index in [9.17, 15) is 8.42 Å². The fourth-order valence-electron chi connectivity index (χ4n) is 5.07. The van der Waals surface area contributed by atoms with Gasteiger partial charge in [0.05, 0.1) is 4.90 Å². The van der Waals surface area contributed by atoms with E-state index in [1.165, 1.54) is 32.2 Å². The molecule has 3 N–H and O–H groups in total. The lowest BCUT2D eigenvalue weighted by Crippen LogP contribution is -2.41. The first-order chi connectivity index (χ1) is 14.9. The quantitative estimate of drug-likeness (QED) is 0.452. The largest absolute Gasteiger partial charge is 0.316 e. The highest BCUT2D eigenvalue weighted by molar-refractivity contribution is 7.89. The van der Waals surface area contributed by atoms with Gasteiger partial charge in [0.2, 0.25) is 10.0 Å². The van der Waals surface area contributed by atoms with Crippen LogP contribution in [-0.4, -0.2) is 64.6 Å². The Bertz CT molecular complexity index is 775. The Kier molecular flexibility index (Phi) is 9.34. The van der Waals surface area contributed by atoms with Gasteiger partial charge < -0.3 is 16.0 Å². The maximum absolute atomic E-state index is 13.2. The van der Waals surface area contributed by atoms with Crippen molar-refractivity contribution in [2.45, 2.75) is 70.2 Å². The number of sulfonamides is 1. The van der Waals surface area contributed by atoms with Gasteiger partial charge in [0.25, 0.3) is 0 Å². The molecular weight excluding hydrogens is 408 g/mol. The highest BCUT2D eigenvalue weighted by atomic mass is 32.2. The maximum Gasteiger partial charge on any atom is 0.243 e. The molecule has 2 aliphatic heterocycles. The average Bonchev–Trinajstić information content (AvgIpc) is 3.23. The second kappa shape index (κ2) is 11.8. The Balaban J connectivity index is 1.31. The number of nitrogens with one attached hydrogen (secondary N) is 3. The van der Waals surface area contributed by atoms with Crippen LogP contribution in [0.3, 0.4) is 0 Å². The standard InChI is InChI=1S/C24H42N4O2S/c1-19-15-20(2)24(21(3)16-19)31(29,30)28-13-8-22(9-14-28)17-25-10-4-5-11-26-18-23-7-6-12-27-23/h15-16,22-23,25-27H,4-14,17-18H2,1-3H3/t23-/m0/s1. The second-order valence-electron chi connectivity index (χ2n) is 9.48. The molecule has 31 heavy (non-hydrogen) atoms. The third kappa shape index (κ3) is 6.99. The summed E-state index contributed by atoms with van der Waals surface area (Å²) in [5, 5.41) is 10.7. The fraction of sp³-hybridized carbons (Fsp3) is 0.750. The molecule has 1 aromatic rings. The Hall–Kier alpha value is -0.990. The molecule has 1 atom stereocenters. The van der Waals surface area contributed by atoms with Crippen molar-refractivity contribution in [2.75, 3.05) is 45.8 Å². The van der Waals surface area contributed by atoms with E-state index < -0.39 is 10.0 Å². The van der Waals surface area contributed by atoms with Crippen LogP contribution in [-0.2, 0) is 10.0 Å². The molecule has 2 fully saturated rings. The predicted molar refractivity (Wildman–Crippen MR) is 128 cm³/mol. The minimum atomic E-state index is -3.41. The molecule has 7 heteroatoms. The van der Waals surface area contributed by atoms with Crippen molar-refractivity contribution in [1.29, 1.82) is 0 Å². The van der Waals surface area contributed by atoms with Crippen LogP contribution in [0.5, 0.6) is 0 Å². The summed E-state index contributed by atoms with van der Waals surface area (Å²) in [5.74, 6) is 0.568. The highest BCUT2D eigenvalue weighted by Crippen LogP contribution is 2.28. The van der Waals surface area contributed by atoms with E-state index in [1.807, 2.05) is 32.9 Å². The normalized spacial score (nSPS) is 21.1. The zero-order valence-electron chi connectivity index (χ0n) is 19.7. The van der Waals surface area contributed by atoms with Gasteiger partial charge in [0.15, 0.2) is 0 Å². The number of hydrogen-bond donors (Lipinski definition) is 3. The zero-order valence-corrected chi connectivity index (χ0v) is 20.5. The second-order valence-corrected chi connectivity index (χ2v) is 11.4. The average molecular weight is 451 g/mol. The topological polar surface area (TPSA) is 73.5 Å². The van der Waals surface area contributed by atoms with Crippen LogP contribution in [0.4, 0.5) is 0 Å². The van der Waals surface area contributed by atoms with Gasteiger partial charge >= 0.3 is 0 Å². The van der Waals surface area contributed by atoms with Crippen molar-refractivity contribution in [3.63, 3.8) is 0 Å². The molecule has 2 saturated heterocycles. The summed E-state index contributed by atoms with van der Waals surface area (Å²) in [4.78, 5) is 0.506. The van der Waals surface area contributed by atoms with E-state index in [4.69, 9.17) is 0 Å². The van der Waals surface area contributed by atoms with E-state index >= 15 is 0 Å². The SMILES string of the molecule is Cc1cc(C)c(S(=O)(=O)N2CCC(CNCCCCNC[C@@H]3CCCN3)CC2)c(C)c1. The Labute approximate surface area is 189 Å². The molecule has 0 aromatic heterocycles. The number of aryl methyl sites for hydroxylation is 3. The van der Waals surface area contributed by atoms with Crippen LogP contribution < -0.4 is 16.0 Å². The Morgan fingerprint density at radius 3 is 2.16 bits per heavy atom. The summed E-state index contributed by atoms with van der Waals surface area (Å²) in [6.45, 7) is 12.5. The first kappa shape index (κ1) is 24.6. The van der Waals surface area contributed by atoms with Crippen molar-refractivity contribution >= 4 is 10.0 Å². The fourth-order valence-corrected chi connectivity index (χ4v) is 6.95. The minimum Gasteiger partial charge on any atom is -0.316 e. The van der Waals surface area contributed by atoms with Crippen molar-refractivity contribution in [3.8, 4) is 0 Å². The monoisotopic (exact) mass is 450 g/mol. The van der Waals surface area contributed by atoms with E-state index in [0.717, 1.165) is 55.7 Å². The van der Waals surface area contributed by atoms with Crippen molar-refractivity contribution in [3.05, 3.63) is 28.8 Å². The first-order valence-corrected chi connectivity index (χ1v) is 13.5. The lowest BCUT2D eigenvalue weighted by atomic mass is 9.98. The van der Waals surface area contributed by atoms with Crippen LogP contribution in [0.1, 0.15) is 55.2 Å². The molecule has 0 unspecified atom stereocenters. The maximum atomic E-state index is 13.2. The van der Waals surface area contributed by atoms with E-state index in [-0.39, 0.29) is 0 Å². The summed E-state index contributed by atoms with van der Waals surface area (Å²) < 4.78 is 28.1. The number of nitrogens with zero attached hydrogens (tertiary/aromatic N) is 1. The molecule has 0 saturated carbocycles. The van der Waals surface area contributed by atoms with Crippen LogP contribution in [0.25, 0.3) is 0 Å². The van der Waals surface area contributed by atoms with Crippen molar-refractivity contribution in [1.82, 2.24) is 20.3 Å². The molecule has 176 valence electrons. The zero-order chi connectivity index (χ0) is 22.3. The smallest absolute Gasteiger partial charge is 0.243 e. The van der Waals surface area contributed by atoms with E-state index in [1.54, 1.807) is 4.31 Å². The first-order valence-electron chi connectivity index (χ1n) is 12.1. The molecule has 0 spiro atoms. The summed E-state index contributed by atoms with van der Waals surface area (Å²) in [5.41, 5.74) is 2.82. The van der Waals surface area contributed by atoms with E-state index in [0.29, 0.717) is 29.9 Å². The van der Waals surface area contributed by atoms with Crippen molar-refractivity contribution < 1.29 is 8.42 Å². The molecule has 0 radical (unpaired) electrons. The van der Waals surface area contributed by atoms with Gasteiger partial charge in [-0.2, -0.15) is 4.31 Å². The molecule has 3 rings (SSSR count). The van der Waals surface area contributed by atoms with Crippen LogP contribution >= 0.6 is 0 Å². The molecule has 6 nitrogen and oxygen atoms in total. The molecule has 0 aliphatic carbocycles. The molecule has 0 bridgehead atoms. The van der Waals surface area contributed by atoms with Gasteiger partial charge in [0, 0.05) is 25.7 Å². The van der Waals surface area contributed by atoms with Crippen LogP contribution in [0.2, 0.25) is 0 Å². The lowest BCUT2D eigenvalue weighted by Gasteiger charge is -2.32. The van der Waals surface area contributed by atoms with Gasteiger partial charge in [-0.25, -0.2) is 8.42 Å². The van der Waals surface area contributed by atoms with Gasteiger partial charge in [0.1, 0.15) is 0 Å². The lowest BCUT2D eigenvalue weighted by molar-refractivity contribution is 0.267. The van der Waals surface area contributed by atoms with Gasteiger partial charge in [-0.05, 0) is 103 Å². The molecule has 0 amide bonds. The third-order valence-corrected chi connectivity index (χ3v) is 8.92. The number of unbranched alkanes of at least 4 members (excludes halogenated alkanes) is 1. The number of piperidine rings is 1. The molecule has 2 aliphatic rings. The number of benzene rings is 1. The summed E-state index contributed by atoms with van der Waals surface area (Å²) in [7, 11) is -3.41. The third-order valence-electron chi connectivity index (χ3n) is 6.72. The summed E-state index contributed by atoms with van der Waals surface area (Å²) in [6, 6.07) is 4.61. The molecule has 1 aromatic carbocycles. The molecule has 2 heterocycles. The van der Waals surface area contributed by atoms with Gasteiger partial charge in [-0.15, -0.1) is 0 Å². The van der Waals surface area contributed by atoms with Crippen molar-refractivity contribution in [2.24, 2.45) is 5.92 Å². The summed E-state index contributed by atoms with van der Waals surface area (Å²) in [6.07, 6.45) is 6.87. The molecular formula is C24H42N4O2S.